The van der Waals surface area contributed by atoms with Crippen LogP contribution < -0.4 is 9.47 Å². The smallest absolute Gasteiger partial charge is 0.415 e. The lowest BCUT2D eigenvalue weighted by Crippen LogP contribution is -2.39. The van der Waals surface area contributed by atoms with Crippen molar-refractivity contribution >= 4 is 12.1 Å². The van der Waals surface area contributed by atoms with Gasteiger partial charge >= 0.3 is 12.1 Å². The first-order valence-electron chi connectivity index (χ1n) is 12.3. The maximum Gasteiger partial charge on any atom is 0.415 e. The third-order valence-corrected chi connectivity index (χ3v) is 5.27. The third-order valence-electron chi connectivity index (χ3n) is 5.27. The number of carboxylic acids is 1. The van der Waals surface area contributed by atoms with Crippen LogP contribution in [0.5, 0.6) is 11.5 Å². The molecule has 0 aliphatic rings. The number of nitrogens with zero attached hydrogens (tertiary/aromatic N) is 1. The van der Waals surface area contributed by atoms with Gasteiger partial charge in [0.25, 0.3) is 0 Å². The molecular formula is C27H36FNO7. The largest absolute Gasteiger partial charge is 0.492 e. The molecule has 1 unspecified atom stereocenters. The summed E-state index contributed by atoms with van der Waals surface area (Å²) in [6, 6.07) is 12.5. The summed E-state index contributed by atoms with van der Waals surface area (Å²) < 4.78 is 35.4. The molecule has 2 rings (SSSR count). The van der Waals surface area contributed by atoms with Crippen LogP contribution in [-0.2, 0) is 20.7 Å². The summed E-state index contributed by atoms with van der Waals surface area (Å²) in [6.07, 6.45) is 1.87. The summed E-state index contributed by atoms with van der Waals surface area (Å²) in [5.41, 5.74) is 0.809. The van der Waals surface area contributed by atoms with Crippen LogP contribution in [0.2, 0.25) is 0 Å². The summed E-state index contributed by atoms with van der Waals surface area (Å²) in [4.78, 5) is 25.4. The highest BCUT2D eigenvalue weighted by molar-refractivity contribution is 5.72. The van der Waals surface area contributed by atoms with E-state index in [0.717, 1.165) is 30.9 Å². The van der Waals surface area contributed by atoms with Crippen LogP contribution in [0, 0.1) is 5.82 Å². The highest BCUT2D eigenvalue weighted by atomic mass is 19.1. The van der Waals surface area contributed by atoms with Crippen molar-refractivity contribution in [3.05, 3.63) is 59.9 Å². The number of benzene rings is 2. The van der Waals surface area contributed by atoms with E-state index in [4.69, 9.17) is 18.9 Å². The Morgan fingerprint density at radius 3 is 2.39 bits per heavy atom. The van der Waals surface area contributed by atoms with Crippen molar-refractivity contribution in [1.82, 2.24) is 4.90 Å². The Balaban J connectivity index is 1.89. The number of aliphatic carboxylic acids is 1. The van der Waals surface area contributed by atoms with E-state index in [9.17, 15) is 19.1 Å². The Morgan fingerprint density at radius 1 is 0.972 bits per heavy atom. The van der Waals surface area contributed by atoms with Crippen molar-refractivity contribution in [1.29, 1.82) is 0 Å². The average Bonchev–Trinajstić information content (AvgIpc) is 2.85. The fourth-order valence-electron chi connectivity index (χ4n) is 3.35. The minimum atomic E-state index is -1.00. The van der Waals surface area contributed by atoms with Gasteiger partial charge in [0.2, 0.25) is 0 Å². The zero-order chi connectivity index (χ0) is 26.2. The van der Waals surface area contributed by atoms with Gasteiger partial charge in [-0.1, -0.05) is 38.0 Å². The summed E-state index contributed by atoms with van der Waals surface area (Å²) in [6.45, 7) is 5.89. The number of ether oxygens (including phenoxy) is 4. The predicted molar refractivity (Wildman–Crippen MR) is 133 cm³/mol. The summed E-state index contributed by atoms with van der Waals surface area (Å²) >= 11 is 0. The molecule has 9 heteroatoms. The van der Waals surface area contributed by atoms with Crippen LogP contribution in [-0.4, -0.2) is 67.7 Å². The van der Waals surface area contributed by atoms with Crippen molar-refractivity contribution in [2.75, 3.05) is 39.5 Å². The standard InChI is InChI=1S/C27H36FNO7/c1-3-5-6-16-33-17-14-29(27(32)36-24-9-7-8-22(28)20-24)15-18-35-23-12-10-21(11-13-23)19-25(26(30)31)34-4-2/h7-13,20,25H,3-6,14-19H2,1-2H3,(H,30,31). The van der Waals surface area contributed by atoms with E-state index in [0.29, 0.717) is 32.1 Å². The molecule has 0 bridgehead atoms. The van der Waals surface area contributed by atoms with Gasteiger partial charge in [-0.3, -0.25) is 0 Å². The molecular weight excluding hydrogens is 469 g/mol. The van der Waals surface area contributed by atoms with Gasteiger partial charge in [-0.25, -0.2) is 14.0 Å². The van der Waals surface area contributed by atoms with Gasteiger partial charge in [-0.2, -0.15) is 0 Å². The van der Waals surface area contributed by atoms with E-state index in [1.165, 1.54) is 23.1 Å². The number of carboxylic acid groups (broad SMARTS) is 1. The molecule has 36 heavy (non-hydrogen) atoms. The molecule has 198 valence electrons. The van der Waals surface area contributed by atoms with Crippen LogP contribution in [0.25, 0.3) is 0 Å². The molecule has 8 nitrogen and oxygen atoms in total. The molecule has 2 aromatic carbocycles. The van der Waals surface area contributed by atoms with E-state index < -0.39 is 24.0 Å². The highest BCUT2D eigenvalue weighted by Gasteiger charge is 2.18. The Bertz CT molecular complexity index is 923. The van der Waals surface area contributed by atoms with Crippen molar-refractivity contribution in [3.8, 4) is 11.5 Å². The van der Waals surface area contributed by atoms with Gasteiger partial charge in [0.05, 0.1) is 13.2 Å². The number of rotatable bonds is 17. The van der Waals surface area contributed by atoms with Gasteiger partial charge in [-0.05, 0) is 43.2 Å². The van der Waals surface area contributed by atoms with E-state index in [1.807, 2.05) is 0 Å². The van der Waals surface area contributed by atoms with Crippen molar-refractivity contribution in [2.24, 2.45) is 0 Å². The van der Waals surface area contributed by atoms with Crippen LogP contribution in [0.1, 0.15) is 38.7 Å². The molecule has 0 aromatic heterocycles. The SMILES string of the molecule is CCCCCOCCN(CCOc1ccc(CC(OCC)C(=O)O)cc1)C(=O)Oc1cccc(F)c1. The molecule has 0 spiro atoms. The third kappa shape index (κ3) is 11.0. The Kier molecular flexibility index (Phi) is 13.3. The van der Waals surface area contributed by atoms with Crippen molar-refractivity contribution in [2.45, 2.75) is 45.6 Å². The topological polar surface area (TPSA) is 94.5 Å². The van der Waals surface area contributed by atoms with E-state index in [-0.39, 0.29) is 25.3 Å². The molecule has 0 aliphatic carbocycles. The fourth-order valence-corrected chi connectivity index (χ4v) is 3.35. The second kappa shape index (κ2) is 16.5. The molecule has 0 aliphatic heterocycles. The Hall–Kier alpha value is -3.17. The lowest BCUT2D eigenvalue weighted by molar-refractivity contribution is -0.149. The second-order valence-electron chi connectivity index (χ2n) is 8.11. The lowest BCUT2D eigenvalue weighted by atomic mass is 10.1. The van der Waals surface area contributed by atoms with Gasteiger partial charge < -0.3 is 29.0 Å². The van der Waals surface area contributed by atoms with Gasteiger partial charge in [0, 0.05) is 32.2 Å². The second-order valence-corrected chi connectivity index (χ2v) is 8.11. The monoisotopic (exact) mass is 505 g/mol. The number of halogens is 1. The molecule has 0 saturated carbocycles. The van der Waals surface area contributed by atoms with Gasteiger partial charge in [0.1, 0.15) is 23.9 Å². The Morgan fingerprint density at radius 2 is 1.72 bits per heavy atom. The van der Waals surface area contributed by atoms with Crippen LogP contribution in [0.15, 0.2) is 48.5 Å². The van der Waals surface area contributed by atoms with E-state index in [2.05, 4.69) is 6.92 Å². The van der Waals surface area contributed by atoms with E-state index in [1.54, 1.807) is 31.2 Å². The zero-order valence-electron chi connectivity index (χ0n) is 21.0. The van der Waals surface area contributed by atoms with Crippen molar-refractivity contribution < 1.29 is 38.0 Å². The minimum absolute atomic E-state index is 0.122. The first-order valence-corrected chi connectivity index (χ1v) is 12.3. The number of hydrogen-bond donors (Lipinski definition) is 1. The van der Waals surface area contributed by atoms with Crippen molar-refractivity contribution in [3.63, 3.8) is 0 Å². The fraction of sp³-hybridized carbons (Fsp3) is 0.481. The normalized spacial score (nSPS) is 11.6. The van der Waals surface area contributed by atoms with E-state index >= 15 is 0 Å². The molecule has 0 saturated heterocycles. The maximum atomic E-state index is 13.5. The highest BCUT2D eigenvalue weighted by Crippen LogP contribution is 2.16. The molecule has 1 atom stereocenters. The molecule has 1 amide bonds. The van der Waals surface area contributed by atoms with Crippen LogP contribution in [0.3, 0.4) is 0 Å². The molecule has 0 radical (unpaired) electrons. The molecule has 1 N–H and O–H groups in total. The summed E-state index contributed by atoms with van der Waals surface area (Å²) in [5, 5.41) is 9.24. The molecule has 0 fully saturated rings. The van der Waals surface area contributed by atoms with Crippen LogP contribution >= 0.6 is 0 Å². The number of hydrogen-bond acceptors (Lipinski definition) is 6. The summed E-state index contributed by atoms with van der Waals surface area (Å²) in [7, 11) is 0. The lowest BCUT2D eigenvalue weighted by Gasteiger charge is -2.22. The minimum Gasteiger partial charge on any atom is -0.492 e. The summed E-state index contributed by atoms with van der Waals surface area (Å²) in [5.74, 6) is -0.793. The maximum absolute atomic E-state index is 13.5. The molecule has 0 heterocycles. The number of carbonyl (C=O) groups excluding carboxylic acids is 1. The van der Waals surface area contributed by atoms with Gasteiger partial charge in [0.15, 0.2) is 6.10 Å². The predicted octanol–water partition coefficient (Wildman–Crippen LogP) is 4.94. The zero-order valence-corrected chi connectivity index (χ0v) is 21.0. The first kappa shape index (κ1) is 29.1. The first-order chi connectivity index (χ1) is 17.4. The number of carbonyl (C=O) groups is 2. The number of unbranched alkanes of at least 4 members (excludes halogenated alkanes) is 2. The van der Waals surface area contributed by atoms with Crippen LogP contribution in [0.4, 0.5) is 9.18 Å². The molecule has 2 aromatic rings. The Labute approximate surface area is 211 Å². The number of amides is 1. The van der Waals surface area contributed by atoms with Gasteiger partial charge in [-0.15, -0.1) is 0 Å². The average molecular weight is 506 g/mol. The quantitative estimate of drug-likeness (QED) is 0.304.